The zero-order valence-electron chi connectivity index (χ0n) is 10.3. The van der Waals surface area contributed by atoms with Gasteiger partial charge in [0.1, 0.15) is 11.6 Å². The van der Waals surface area contributed by atoms with Gasteiger partial charge in [0.25, 0.3) is 0 Å². The van der Waals surface area contributed by atoms with Gasteiger partial charge in [0, 0.05) is 11.6 Å². The standard InChI is InChI=1S/C12H14ClF2NO2/c1-12(2,11(17)18-3)10(16)8-6(14)4-5-7(15)9(8)13/h4-5,10H,16H2,1-3H3/t10-/m0/s1. The smallest absolute Gasteiger partial charge is 0.313 e. The highest BCUT2D eigenvalue weighted by Gasteiger charge is 2.39. The van der Waals surface area contributed by atoms with Crippen molar-refractivity contribution in [3.63, 3.8) is 0 Å². The highest BCUT2D eigenvalue weighted by atomic mass is 35.5. The summed E-state index contributed by atoms with van der Waals surface area (Å²) in [6, 6.07) is 0.705. The summed E-state index contributed by atoms with van der Waals surface area (Å²) in [5.74, 6) is -2.18. The number of hydrogen-bond acceptors (Lipinski definition) is 3. The molecule has 2 N–H and O–H groups in total. The van der Waals surface area contributed by atoms with Gasteiger partial charge in [0.2, 0.25) is 0 Å². The molecular formula is C12H14ClF2NO2. The van der Waals surface area contributed by atoms with Crippen molar-refractivity contribution in [3.8, 4) is 0 Å². The van der Waals surface area contributed by atoms with Crippen molar-refractivity contribution in [1.82, 2.24) is 0 Å². The average molecular weight is 278 g/mol. The van der Waals surface area contributed by atoms with E-state index < -0.39 is 34.1 Å². The third-order valence-corrected chi connectivity index (χ3v) is 3.26. The van der Waals surface area contributed by atoms with E-state index in [4.69, 9.17) is 17.3 Å². The van der Waals surface area contributed by atoms with Crippen molar-refractivity contribution in [2.24, 2.45) is 11.1 Å². The molecule has 1 aromatic carbocycles. The maximum atomic E-state index is 13.7. The van der Waals surface area contributed by atoms with Crippen LogP contribution in [-0.2, 0) is 9.53 Å². The zero-order valence-corrected chi connectivity index (χ0v) is 11.0. The molecule has 0 aliphatic heterocycles. The summed E-state index contributed by atoms with van der Waals surface area (Å²) in [7, 11) is 1.19. The molecule has 0 saturated heterocycles. The van der Waals surface area contributed by atoms with Gasteiger partial charge in [0.05, 0.1) is 17.5 Å². The van der Waals surface area contributed by atoms with Crippen molar-refractivity contribution >= 4 is 17.6 Å². The second kappa shape index (κ2) is 5.20. The second-order valence-corrected chi connectivity index (χ2v) is 4.83. The van der Waals surface area contributed by atoms with E-state index in [9.17, 15) is 13.6 Å². The number of carbonyl (C=O) groups is 1. The summed E-state index contributed by atoms with van der Waals surface area (Å²) < 4.78 is 31.6. The second-order valence-electron chi connectivity index (χ2n) is 4.45. The Morgan fingerprint density at radius 2 is 1.89 bits per heavy atom. The lowest BCUT2D eigenvalue weighted by molar-refractivity contribution is -0.152. The first-order valence-corrected chi connectivity index (χ1v) is 5.58. The quantitative estimate of drug-likeness (QED) is 0.683. The van der Waals surface area contributed by atoms with Crippen LogP contribution in [0.5, 0.6) is 0 Å². The van der Waals surface area contributed by atoms with Crippen LogP contribution >= 0.6 is 11.6 Å². The minimum absolute atomic E-state index is 0.230. The number of nitrogens with two attached hydrogens (primary N) is 1. The molecule has 0 radical (unpaired) electrons. The maximum Gasteiger partial charge on any atom is 0.313 e. The molecule has 0 saturated carbocycles. The average Bonchev–Trinajstić information content (AvgIpc) is 2.33. The van der Waals surface area contributed by atoms with E-state index in [2.05, 4.69) is 4.74 Å². The van der Waals surface area contributed by atoms with Crippen molar-refractivity contribution in [3.05, 3.63) is 34.4 Å². The molecule has 0 heterocycles. The third-order valence-electron chi connectivity index (χ3n) is 2.88. The van der Waals surface area contributed by atoms with Crippen LogP contribution in [0.3, 0.4) is 0 Å². The van der Waals surface area contributed by atoms with Gasteiger partial charge in [-0.3, -0.25) is 4.79 Å². The molecule has 18 heavy (non-hydrogen) atoms. The molecule has 0 aliphatic carbocycles. The van der Waals surface area contributed by atoms with Crippen LogP contribution in [0, 0.1) is 17.0 Å². The highest BCUT2D eigenvalue weighted by Crippen LogP contribution is 2.38. The summed E-state index contributed by atoms with van der Waals surface area (Å²) >= 11 is 5.70. The molecule has 0 spiro atoms. The first-order valence-electron chi connectivity index (χ1n) is 5.20. The van der Waals surface area contributed by atoms with Gasteiger partial charge in [-0.05, 0) is 26.0 Å². The molecule has 0 amide bonds. The lowest BCUT2D eigenvalue weighted by atomic mass is 9.81. The van der Waals surface area contributed by atoms with E-state index in [1.165, 1.54) is 21.0 Å². The van der Waals surface area contributed by atoms with Gasteiger partial charge >= 0.3 is 5.97 Å². The molecule has 100 valence electrons. The molecule has 6 heteroatoms. The van der Waals surface area contributed by atoms with Gasteiger partial charge in [-0.2, -0.15) is 0 Å². The third kappa shape index (κ3) is 2.47. The molecule has 1 rings (SSSR count). The maximum absolute atomic E-state index is 13.7. The number of methoxy groups -OCH3 is 1. The Kier molecular flexibility index (Phi) is 4.29. The number of benzene rings is 1. The molecule has 0 aromatic heterocycles. The monoisotopic (exact) mass is 277 g/mol. The van der Waals surface area contributed by atoms with Crippen molar-refractivity contribution < 1.29 is 18.3 Å². The van der Waals surface area contributed by atoms with Crippen LogP contribution in [0.2, 0.25) is 5.02 Å². The fourth-order valence-electron chi connectivity index (χ4n) is 1.58. The predicted octanol–water partition coefficient (Wildman–Crippen LogP) is 2.82. The summed E-state index contributed by atoms with van der Waals surface area (Å²) in [4.78, 5) is 11.6. The van der Waals surface area contributed by atoms with Gasteiger partial charge in [-0.1, -0.05) is 11.6 Å². The summed E-state index contributed by atoms with van der Waals surface area (Å²) in [6.45, 7) is 2.95. The molecule has 3 nitrogen and oxygen atoms in total. The van der Waals surface area contributed by atoms with E-state index in [-0.39, 0.29) is 5.56 Å². The number of rotatable bonds is 3. The molecule has 0 aliphatic rings. The Morgan fingerprint density at radius 3 is 2.39 bits per heavy atom. The number of ether oxygens (including phenoxy) is 1. The summed E-state index contributed by atoms with van der Waals surface area (Å²) in [6.07, 6.45) is 0. The summed E-state index contributed by atoms with van der Waals surface area (Å²) in [5.41, 5.74) is 4.37. The fraction of sp³-hybridized carbons (Fsp3) is 0.417. The molecule has 0 unspecified atom stereocenters. The van der Waals surface area contributed by atoms with Gasteiger partial charge in [-0.25, -0.2) is 8.78 Å². The fourth-order valence-corrected chi connectivity index (χ4v) is 1.85. The molecule has 0 bridgehead atoms. The molecule has 1 aromatic rings. The normalized spacial score (nSPS) is 13.3. The Bertz CT molecular complexity index is 477. The Balaban J connectivity index is 3.31. The molecular weight excluding hydrogens is 264 g/mol. The van der Waals surface area contributed by atoms with Crippen molar-refractivity contribution in [2.75, 3.05) is 7.11 Å². The van der Waals surface area contributed by atoms with Crippen LogP contribution in [0.15, 0.2) is 12.1 Å². The minimum Gasteiger partial charge on any atom is -0.469 e. The van der Waals surface area contributed by atoms with Crippen LogP contribution in [0.4, 0.5) is 8.78 Å². The van der Waals surface area contributed by atoms with Crippen LogP contribution in [-0.4, -0.2) is 13.1 Å². The number of hydrogen-bond donors (Lipinski definition) is 1. The van der Waals surface area contributed by atoms with Crippen molar-refractivity contribution in [1.29, 1.82) is 0 Å². The van der Waals surface area contributed by atoms with Gasteiger partial charge < -0.3 is 10.5 Å². The Labute approximate surface area is 109 Å². The van der Waals surface area contributed by atoms with E-state index in [1.54, 1.807) is 0 Å². The number of esters is 1. The van der Waals surface area contributed by atoms with E-state index in [0.29, 0.717) is 0 Å². The SMILES string of the molecule is COC(=O)C(C)(C)[C@@H](N)c1c(F)ccc(F)c1Cl. The summed E-state index contributed by atoms with van der Waals surface area (Å²) in [5, 5.41) is -0.417. The van der Waals surface area contributed by atoms with Crippen LogP contribution in [0.25, 0.3) is 0 Å². The molecule has 1 atom stereocenters. The predicted molar refractivity (Wildman–Crippen MR) is 64.1 cm³/mol. The Morgan fingerprint density at radius 1 is 1.39 bits per heavy atom. The number of carbonyl (C=O) groups excluding carboxylic acids is 1. The highest BCUT2D eigenvalue weighted by molar-refractivity contribution is 6.31. The first kappa shape index (κ1) is 14.9. The first-order chi connectivity index (χ1) is 8.23. The zero-order chi connectivity index (χ0) is 14.1. The van der Waals surface area contributed by atoms with E-state index in [0.717, 1.165) is 12.1 Å². The number of halogens is 3. The van der Waals surface area contributed by atoms with E-state index in [1.807, 2.05) is 0 Å². The molecule has 0 fully saturated rings. The van der Waals surface area contributed by atoms with Crippen LogP contribution < -0.4 is 5.73 Å². The topological polar surface area (TPSA) is 52.3 Å². The van der Waals surface area contributed by atoms with E-state index >= 15 is 0 Å². The van der Waals surface area contributed by atoms with Gasteiger partial charge in [0.15, 0.2) is 0 Å². The van der Waals surface area contributed by atoms with Crippen LogP contribution in [0.1, 0.15) is 25.5 Å². The lowest BCUT2D eigenvalue weighted by Gasteiger charge is -2.29. The minimum atomic E-state index is -1.23. The van der Waals surface area contributed by atoms with Gasteiger partial charge in [-0.15, -0.1) is 0 Å². The lowest BCUT2D eigenvalue weighted by Crippen LogP contribution is -2.38. The van der Waals surface area contributed by atoms with Crippen molar-refractivity contribution in [2.45, 2.75) is 19.9 Å². The Hall–Kier alpha value is -1.20. The largest absolute Gasteiger partial charge is 0.469 e.